The number of hydrogen-bond donors (Lipinski definition) is 0. The molecule has 0 spiro atoms. The summed E-state index contributed by atoms with van der Waals surface area (Å²) in [5.41, 5.74) is 0. The number of pyridine rings is 1. The van der Waals surface area contributed by atoms with Crippen LogP contribution in [-0.2, 0) is 6.54 Å². The highest BCUT2D eigenvalue weighted by Crippen LogP contribution is 2.09. The standard InChI is InChI=1S/C12H12N.ClO3/c1-2-8-13-9-7-11-5-3-4-6-12(11)10-13;2-1(3)4/h2-7,9-10H,1,8H2;/q+1;-1. The van der Waals surface area contributed by atoms with Crippen molar-refractivity contribution in [1.29, 1.82) is 0 Å². The monoisotopic (exact) mass is 253 g/mol. The highest BCUT2D eigenvalue weighted by Gasteiger charge is 1.98. The van der Waals surface area contributed by atoms with E-state index in [1.807, 2.05) is 6.08 Å². The topological polar surface area (TPSA) is 73.1 Å². The molecule has 1 heterocycles. The molecule has 0 radical (unpaired) electrons. The van der Waals surface area contributed by atoms with E-state index >= 15 is 0 Å². The summed E-state index contributed by atoms with van der Waals surface area (Å²) in [6, 6.07) is 10.5. The lowest BCUT2D eigenvalue weighted by molar-refractivity contribution is -1.73. The number of fused-ring (bicyclic) bond motifs is 1. The van der Waals surface area contributed by atoms with Gasteiger partial charge in [0.2, 0.25) is 0 Å². The minimum absolute atomic E-state index is 0.866. The van der Waals surface area contributed by atoms with Gasteiger partial charge in [-0.2, -0.15) is 0 Å². The number of halogens is 1. The second-order valence-corrected chi connectivity index (χ2v) is 3.63. The number of allylic oxidation sites excluding steroid dienone is 1. The van der Waals surface area contributed by atoms with Crippen molar-refractivity contribution in [2.24, 2.45) is 0 Å². The molecule has 1 aromatic carbocycles. The Hall–Kier alpha value is -1.46. The minimum Gasteiger partial charge on any atom is -0.357 e. The first-order chi connectivity index (χ1) is 8.13. The van der Waals surface area contributed by atoms with Gasteiger partial charge in [0.05, 0.1) is 10.8 Å². The van der Waals surface area contributed by atoms with Crippen LogP contribution in [0.15, 0.2) is 55.4 Å². The van der Waals surface area contributed by atoms with Gasteiger partial charge in [-0.15, -0.1) is 0 Å². The molecule has 1 aromatic heterocycles. The number of hydrogen-bond acceptors (Lipinski definition) is 3. The van der Waals surface area contributed by atoms with Crippen molar-refractivity contribution in [3.8, 4) is 0 Å². The summed E-state index contributed by atoms with van der Waals surface area (Å²) in [6.07, 6.45) is 6.11. The summed E-state index contributed by atoms with van der Waals surface area (Å²) in [4.78, 5) is 0. The maximum atomic E-state index is 8.41. The molecule has 2 aromatic rings. The molecule has 0 aliphatic rings. The van der Waals surface area contributed by atoms with E-state index in [0.717, 1.165) is 6.54 Å². The molecular formula is C12H12ClNO3. The maximum absolute atomic E-state index is 8.41. The number of benzene rings is 1. The Labute approximate surface area is 102 Å². The molecule has 0 bridgehead atoms. The normalized spacial score (nSPS) is 9.88. The molecule has 90 valence electrons. The van der Waals surface area contributed by atoms with E-state index in [4.69, 9.17) is 14.0 Å². The predicted octanol–water partition coefficient (Wildman–Crippen LogP) is -1.25. The predicted molar refractivity (Wildman–Crippen MR) is 54.3 cm³/mol. The van der Waals surface area contributed by atoms with Crippen molar-refractivity contribution in [3.05, 3.63) is 55.4 Å². The maximum Gasteiger partial charge on any atom is 0.176 e. The number of aromatic nitrogens is 1. The van der Waals surface area contributed by atoms with Gasteiger partial charge in [0.15, 0.2) is 18.9 Å². The molecule has 17 heavy (non-hydrogen) atoms. The van der Waals surface area contributed by atoms with Crippen LogP contribution >= 0.6 is 0 Å². The molecule has 0 atom stereocenters. The molecule has 0 saturated heterocycles. The van der Waals surface area contributed by atoms with Crippen LogP contribution in [0.1, 0.15) is 0 Å². The van der Waals surface area contributed by atoms with Crippen molar-refractivity contribution < 1.29 is 29.3 Å². The molecule has 0 unspecified atom stereocenters. The van der Waals surface area contributed by atoms with E-state index in [2.05, 4.69) is 53.9 Å². The van der Waals surface area contributed by atoms with Gasteiger partial charge >= 0.3 is 0 Å². The van der Waals surface area contributed by atoms with Gasteiger partial charge in [0, 0.05) is 11.5 Å². The first-order valence-electron chi connectivity index (χ1n) is 4.85. The third kappa shape index (κ3) is 4.93. The fourth-order valence-electron chi connectivity index (χ4n) is 1.44. The van der Waals surface area contributed by atoms with E-state index in [1.54, 1.807) is 0 Å². The van der Waals surface area contributed by atoms with Crippen molar-refractivity contribution >= 4 is 10.8 Å². The molecular weight excluding hydrogens is 242 g/mol. The van der Waals surface area contributed by atoms with E-state index in [-0.39, 0.29) is 0 Å². The fourth-order valence-corrected chi connectivity index (χ4v) is 1.44. The van der Waals surface area contributed by atoms with Gasteiger partial charge in [-0.05, 0) is 17.5 Å². The second-order valence-electron chi connectivity index (χ2n) is 3.25. The van der Waals surface area contributed by atoms with E-state index < -0.39 is 10.8 Å². The van der Waals surface area contributed by atoms with Crippen LogP contribution in [0.2, 0.25) is 0 Å². The second kappa shape index (κ2) is 6.98. The van der Waals surface area contributed by atoms with E-state index in [1.165, 1.54) is 10.8 Å². The van der Waals surface area contributed by atoms with Crippen LogP contribution in [-0.4, -0.2) is 0 Å². The lowest BCUT2D eigenvalue weighted by Crippen LogP contribution is -2.42. The minimum atomic E-state index is -2.85. The van der Waals surface area contributed by atoms with Gasteiger partial charge < -0.3 is 14.0 Å². The smallest absolute Gasteiger partial charge is 0.176 e. The Morgan fingerprint density at radius 1 is 1.12 bits per heavy atom. The van der Waals surface area contributed by atoms with Crippen molar-refractivity contribution in [3.63, 3.8) is 0 Å². The van der Waals surface area contributed by atoms with Gasteiger partial charge in [-0.25, -0.2) is 4.57 Å². The molecule has 0 amide bonds. The third-order valence-corrected chi connectivity index (χ3v) is 2.09. The lowest BCUT2D eigenvalue weighted by atomic mass is 10.2. The van der Waals surface area contributed by atoms with Crippen LogP contribution in [0.5, 0.6) is 0 Å². The Kier molecular flexibility index (Phi) is 5.59. The molecule has 0 aliphatic heterocycles. The summed E-state index contributed by atoms with van der Waals surface area (Å²) in [5, 5.41) is 2.55. The molecule has 4 nitrogen and oxygen atoms in total. The van der Waals surface area contributed by atoms with Crippen LogP contribution in [0.4, 0.5) is 0 Å². The Balaban J connectivity index is 0.000000317. The first-order valence-corrected chi connectivity index (χ1v) is 5.78. The van der Waals surface area contributed by atoms with Crippen molar-refractivity contribution in [2.45, 2.75) is 6.54 Å². The lowest BCUT2D eigenvalue weighted by Gasteiger charge is -1.95. The third-order valence-electron chi connectivity index (χ3n) is 2.09. The summed E-state index contributed by atoms with van der Waals surface area (Å²) >= 11 is 0. The molecule has 0 fully saturated rings. The van der Waals surface area contributed by atoms with Crippen molar-refractivity contribution in [1.82, 2.24) is 0 Å². The Morgan fingerprint density at radius 3 is 2.29 bits per heavy atom. The zero-order valence-electron chi connectivity index (χ0n) is 9.08. The average Bonchev–Trinajstić information content (AvgIpc) is 2.29. The molecule has 0 N–H and O–H groups in total. The Morgan fingerprint density at radius 2 is 1.71 bits per heavy atom. The number of rotatable bonds is 2. The van der Waals surface area contributed by atoms with Crippen LogP contribution in [0, 0.1) is 10.8 Å². The van der Waals surface area contributed by atoms with E-state index in [9.17, 15) is 0 Å². The highest BCUT2D eigenvalue weighted by molar-refractivity contribution is 5.80. The van der Waals surface area contributed by atoms with Crippen LogP contribution in [0.3, 0.4) is 0 Å². The van der Waals surface area contributed by atoms with Gasteiger partial charge in [-0.3, -0.25) is 0 Å². The summed E-state index contributed by atoms with van der Waals surface area (Å²) in [7, 11) is -2.85. The first kappa shape index (κ1) is 13.6. The SMILES string of the molecule is C=CC[n+]1ccc2ccccc2c1.[O-][Cl+2]([O-])[O-]. The van der Waals surface area contributed by atoms with Crippen LogP contribution < -0.4 is 18.5 Å². The number of nitrogens with zero attached hydrogens (tertiary/aromatic N) is 1. The largest absolute Gasteiger partial charge is 0.357 e. The quantitative estimate of drug-likeness (QED) is 0.496. The zero-order valence-corrected chi connectivity index (χ0v) is 9.84. The van der Waals surface area contributed by atoms with Crippen LogP contribution in [0.25, 0.3) is 10.8 Å². The van der Waals surface area contributed by atoms with Crippen molar-refractivity contribution in [2.75, 3.05) is 0 Å². The highest BCUT2D eigenvalue weighted by atomic mass is 35.6. The fraction of sp³-hybridized carbons (Fsp3) is 0.0833. The Bertz CT molecular complexity index is 485. The summed E-state index contributed by atoms with van der Waals surface area (Å²) in [6.45, 7) is 4.58. The van der Waals surface area contributed by atoms with Gasteiger partial charge in [0.1, 0.15) is 0 Å². The van der Waals surface area contributed by atoms with Gasteiger partial charge in [0.25, 0.3) is 0 Å². The summed E-state index contributed by atoms with van der Waals surface area (Å²) in [5.74, 6) is 0. The zero-order chi connectivity index (χ0) is 12.7. The van der Waals surface area contributed by atoms with Gasteiger partial charge in [-0.1, -0.05) is 24.8 Å². The van der Waals surface area contributed by atoms with E-state index in [0.29, 0.717) is 0 Å². The molecule has 2 rings (SSSR count). The summed E-state index contributed by atoms with van der Waals surface area (Å²) < 4.78 is 27.3. The molecule has 0 aliphatic carbocycles. The molecule has 0 saturated carbocycles. The average molecular weight is 254 g/mol. The molecule has 5 heteroatoms.